The fourth-order valence-electron chi connectivity index (χ4n) is 2.96. The summed E-state index contributed by atoms with van der Waals surface area (Å²) in [4.78, 5) is 6.64. The lowest BCUT2D eigenvalue weighted by molar-refractivity contribution is 0.284. The Bertz CT molecular complexity index is 861. The molecule has 130 valence electrons. The molecule has 25 heavy (non-hydrogen) atoms. The average Bonchev–Trinajstić information content (AvgIpc) is 2.82. The van der Waals surface area contributed by atoms with Crippen molar-refractivity contribution in [2.75, 3.05) is 20.3 Å². The number of nitrogens with zero attached hydrogens (tertiary/aromatic N) is 2. The van der Waals surface area contributed by atoms with Gasteiger partial charge in [0.2, 0.25) is 5.89 Å². The number of hydrogen-bond donors (Lipinski definition) is 0. The van der Waals surface area contributed by atoms with Gasteiger partial charge >= 0.3 is 0 Å². The van der Waals surface area contributed by atoms with Crippen LogP contribution in [0.15, 0.2) is 40.8 Å². The van der Waals surface area contributed by atoms with E-state index in [4.69, 9.17) is 25.5 Å². The summed E-state index contributed by atoms with van der Waals surface area (Å²) in [6.07, 6.45) is 0.859. The topological polar surface area (TPSA) is 47.7 Å². The van der Waals surface area contributed by atoms with Crippen LogP contribution in [0.2, 0.25) is 5.02 Å². The zero-order chi connectivity index (χ0) is 17.2. The fourth-order valence-corrected chi connectivity index (χ4v) is 3.25. The zero-order valence-corrected chi connectivity index (χ0v) is 14.8. The second-order valence-corrected chi connectivity index (χ2v) is 6.61. The Labute approximate surface area is 151 Å². The summed E-state index contributed by atoms with van der Waals surface area (Å²) < 4.78 is 17.2. The van der Waals surface area contributed by atoms with Crippen molar-refractivity contribution in [2.45, 2.75) is 19.5 Å². The van der Waals surface area contributed by atoms with E-state index in [9.17, 15) is 0 Å². The summed E-state index contributed by atoms with van der Waals surface area (Å²) in [6.45, 7) is 2.59. The molecule has 5 nitrogen and oxygen atoms in total. The molecule has 0 unspecified atom stereocenters. The molecule has 0 radical (unpaired) electrons. The maximum Gasteiger partial charge on any atom is 0.209 e. The number of ether oxygens (including phenoxy) is 2. The zero-order valence-electron chi connectivity index (χ0n) is 14.0. The molecule has 1 aromatic heterocycles. The molecular weight excluding hydrogens is 340 g/mol. The molecule has 0 aliphatic carbocycles. The Morgan fingerprint density at radius 1 is 1.12 bits per heavy atom. The number of benzene rings is 2. The van der Waals surface area contributed by atoms with Crippen molar-refractivity contribution in [3.8, 4) is 11.5 Å². The van der Waals surface area contributed by atoms with E-state index in [1.807, 2.05) is 43.4 Å². The monoisotopic (exact) mass is 358 g/mol. The molecule has 1 aliphatic rings. The molecule has 4 rings (SSSR count). The van der Waals surface area contributed by atoms with Crippen molar-refractivity contribution >= 4 is 22.7 Å². The second kappa shape index (κ2) is 6.94. The lowest BCUT2D eigenvalue weighted by Crippen LogP contribution is -2.17. The normalized spacial score (nSPS) is 14.0. The molecule has 6 heteroatoms. The number of halogens is 1. The Morgan fingerprint density at radius 3 is 2.84 bits per heavy atom. The van der Waals surface area contributed by atoms with Crippen molar-refractivity contribution in [3.05, 3.63) is 52.9 Å². The molecular formula is C19H19ClN2O3. The summed E-state index contributed by atoms with van der Waals surface area (Å²) in [5.74, 6) is 2.06. The molecule has 0 bridgehead atoms. The highest BCUT2D eigenvalue weighted by molar-refractivity contribution is 6.32. The van der Waals surface area contributed by atoms with Crippen LogP contribution in [0.3, 0.4) is 0 Å². The van der Waals surface area contributed by atoms with Crippen LogP contribution in [-0.4, -0.2) is 30.1 Å². The Balaban J connectivity index is 1.49. The summed E-state index contributed by atoms with van der Waals surface area (Å²) >= 11 is 6.36. The number of hydrogen-bond acceptors (Lipinski definition) is 5. The Morgan fingerprint density at radius 2 is 1.96 bits per heavy atom. The van der Waals surface area contributed by atoms with Gasteiger partial charge in [0, 0.05) is 13.0 Å². The van der Waals surface area contributed by atoms with Crippen LogP contribution in [0, 0.1) is 0 Å². The van der Waals surface area contributed by atoms with Crippen LogP contribution in [0.5, 0.6) is 11.5 Å². The molecule has 3 aromatic rings. The fraction of sp³-hybridized carbons (Fsp3) is 0.316. The highest BCUT2D eigenvalue weighted by atomic mass is 35.5. The average molecular weight is 359 g/mol. The molecule has 1 aliphatic heterocycles. The first-order valence-corrected chi connectivity index (χ1v) is 8.68. The van der Waals surface area contributed by atoms with Crippen LogP contribution in [0.4, 0.5) is 0 Å². The lowest BCUT2D eigenvalue weighted by Gasteiger charge is -2.17. The van der Waals surface area contributed by atoms with Gasteiger partial charge in [0.1, 0.15) is 5.52 Å². The highest BCUT2D eigenvalue weighted by Gasteiger charge is 2.17. The minimum absolute atomic E-state index is 0.588. The SMILES string of the molecule is CN(Cc1cc(Cl)c2c(c1)OCCCO2)Cc1nc2ccccc2o1. The van der Waals surface area contributed by atoms with Crippen molar-refractivity contribution in [2.24, 2.45) is 0 Å². The van der Waals surface area contributed by atoms with Gasteiger partial charge in [-0.25, -0.2) is 4.98 Å². The molecule has 0 amide bonds. The van der Waals surface area contributed by atoms with E-state index in [-0.39, 0.29) is 0 Å². The minimum atomic E-state index is 0.588. The second-order valence-electron chi connectivity index (χ2n) is 6.20. The molecule has 0 fully saturated rings. The van der Waals surface area contributed by atoms with Gasteiger partial charge in [-0.2, -0.15) is 0 Å². The van der Waals surface area contributed by atoms with Crippen molar-refractivity contribution in [3.63, 3.8) is 0 Å². The van der Waals surface area contributed by atoms with Gasteiger partial charge in [-0.05, 0) is 36.9 Å². The number of aromatic nitrogens is 1. The highest BCUT2D eigenvalue weighted by Crippen LogP contribution is 2.38. The van der Waals surface area contributed by atoms with Crippen molar-refractivity contribution in [1.29, 1.82) is 0 Å². The van der Waals surface area contributed by atoms with Crippen LogP contribution in [-0.2, 0) is 13.1 Å². The van der Waals surface area contributed by atoms with Crippen molar-refractivity contribution in [1.82, 2.24) is 9.88 Å². The molecule has 0 atom stereocenters. The van der Waals surface area contributed by atoms with Gasteiger partial charge in [0.05, 0.1) is 24.8 Å². The van der Waals surface area contributed by atoms with Gasteiger partial charge in [-0.3, -0.25) is 4.90 Å². The summed E-state index contributed by atoms with van der Waals surface area (Å²) in [5.41, 5.74) is 2.75. The summed E-state index contributed by atoms with van der Waals surface area (Å²) in [7, 11) is 2.02. The predicted molar refractivity (Wildman–Crippen MR) is 96.2 cm³/mol. The maximum absolute atomic E-state index is 6.36. The standard InChI is InChI=1S/C19H19ClN2O3/c1-22(12-18-21-15-5-2-3-6-16(15)25-18)11-13-9-14(20)19-17(10-13)23-7-4-8-24-19/h2-3,5-6,9-10H,4,7-8,11-12H2,1H3. The smallest absolute Gasteiger partial charge is 0.209 e. The van der Waals surface area contributed by atoms with E-state index in [1.165, 1.54) is 0 Å². The van der Waals surface area contributed by atoms with Crippen molar-refractivity contribution < 1.29 is 13.9 Å². The van der Waals surface area contributed by atoms with E-state index < -0.39 is 0 Å². The predicted octanol–water partition coefficient (Wildman–Crippen LogP) is 4.27. The van der Waals surface area contributed by atoms with E-state index >= 15 is 0 Å². The lowest BCUT2D eigenvalue weighted by atomic mass is 10.2. The number of fused-ring (bicyclic) bond motifs is 2. The molecule has 0 N–H and O–H groups in total. The number of oxazole rings is 1. The third kappa shape index (κ3) is 3.57. The third-order valence-electron chi connectivity index (χ3n) is 4.06. The van der Waals surface area contributed by atoms with Crippen LogP contribution >= 0.6 is 11.6 Å². The largest absolute Gasteiger partial charge is 0.489 e. The molecule has 2 heterocycles. The van der Waals surface area contributed by atoms with Gasteiger partial charge in [0.15, 0.2) is 17.1 Å². The molecule has 0 saturated heterocycles. The van der Waals surface area contributed by atoms with E-state index in [2.05, 4.69) is 9.88 Å². The third-order valence-corrected chi connectivity index (χ3v) is 4.34. The molecule has 2 aromatic carbocycles. The van der Waals surface area contributed by atoms with E-state index in [0.29, 0.717) is 43.0 Å². The van der Waals surface area contributed by atoms with Gasteiger partial charge in [-0.1, -0.05) is 23.7 Å². The quantitative estimate of drug-likeness (QED) is 0.696. The molecule has 0 saturated carbocycles. The van der Waals surface area contributed by atoms with Gasteiger partial charge in [0.25, 0.3) is 0 Å². The summed E-state index contributed by atoms with van der Waals surface area (Å²) in [5, 5.41) is 0.588. The van der Waals surface area contributed by atoms with Gasteiger partial charge in [-0.15, -0.1) is 0 Å². The Hall–Kier alpha value is -2.24. The van der Waals surface area contributed by atoms with E-state index in [0.717, 1.165) is 28.8 Å². The minimum Gasteiger partial charge on any atom is -0.489 e. The maximum atomic E-state index is 6.36. The molecule has 0 spiro atoms. The van der Waals surface area contributed by atoms with E-state index in [1.54, 1.807) is 0 Å². The van der Waals surface area contributed by atoms with Crippen LogP contribution in [0.1, 0.15) is 17.9 Å². The number of rotatable bonds is 4. The first kappa shape index (κ1) is 16.2. The first-order chi connectivity index (χ1) is 12.2. The van der Waals surface area contributed by atoms with Gasteiger partial charge < -0.3 is 13.9 Å². The Kier molecular flexibility index (Phi) is 4.51. The first-order valence-electron chi connectivity index (χ1n) is 8.30. The van der Waals surface area contributed by atoms with Crippen LogP contribution < -0.4 is 9.47 Å². The van der Waals surface area contributed by atoms with Crippen LogP contribution in [0.25, 0.3) is 11.1 Å². The summed E-state index contributed by atoms with van der Waals surface area (Å²) in [6, 6.07) is 11.7. The number of para-hydroxylation sites is 2.